The highest BCUT2D eigenvalue weighted by molar-refractivity contribution is 9.10. The molecule has 8 heteroatoms. The second-order valence-electron chi connectivity index (χ2n) is 9.64. The van der Waals surface area contributed by atoms with E-state index in [2.05, 4.69) is 37.8 Å². The molecule has 2 aromatic carbocycles. The number of furan rings is 1. The van der Waals surface area contributed by atoms with Gasteiger partial charge in [-0.05, 0) is 91.6 Å². The van der Waals surface area contributed by atoms with E-state index in [0.717, 1.165) is 28.4 Å². The SMILES string of the molecule is Cc1ccc(-c2ccc(/C=N\NC(=O)[C@H](NC(=O)COc3ccc4c(c3)CCCC4)C(C)C)o2)c(Br)c1. The van der Waals surface area contributed by atoms with Gasteiger partial charge < -0.3 is 14.5 Å². The van der Waals surface area contributed by atoms with Crippen LogP contribution in [0.2, 0.25) is 0 Å². The van der Waals surface area contributed by atoms with Crippen molar-refractivity contribution in [3.8, 4) is 17.1 Å². The first-order valence-electron chi connectivity index (χ1n) is 12.5. The van der Waals surface area contributed by atoms with Crippen LogP contribution in [0.4, 0.5) is 0 Å². The number of amides is 2. The van der Waals surface area contributed by atoms with Gasteiger partial charge in [-0.25, -0.2) is 5.43 Å². The van der Waals surface area contributed by atoms with Crippen LogP contribution in [0.25, 0.3) is 11.3 Å². The highest BCUT2D eigenvalue weighted by atomic mass is 79.9. The van der Waals surface area contributed by atoms with Crippen molar-refractivity contribution < 1.29 is 18.7 Å². The zero-order valence-electron chi connectivity index (χ0n) is 21.3. The Hall–Kier alpha value is -3.39. The number of ether oxygens (including phenoxy) is 1. The van der Waals surface area contributed by atoms with Gasteiger partial charge in [0.1, 0.15) is 23.3 Å². The molecule has 1 atom stereocenters. The van der Waals surface area contributed by atoms with Gasteiger partial charge in [0.15, 0.2) is 6.61 Å². The van der Waals surface area contributed by atoms with Crippen molar-refractivity contribution in [1.29, 1.82) is 0 Å². The second-order valence-corrected chi connectivity index (χ2v) is 10.5. The minimum atomic E-state index is -0.757. The molecule has 0 radical (unpaired) electrons. The van der Waals surface area contributed by atoms with Crippen molar-refractivity contribution in [2.24, 2.45) is 11.0 Å². The van der Waals surface area contributed by atoms with Crippen molar-refractivity contribution in [2.75, 3.05) is 6.61 Å². The number of fused-ring (bicyclic) bond motifs is 1. The van der Waals surface area contributed by atoms with E-state index < -0.39 is 11.9 Å². The van der Waals surface area contributed by atoms with Crippen LogP contribution in [-0.2, 0) is 22.4 Å². The van der Waals surface area contributed by atoms with Crippen LogP contribution in [0, 0.1) is 12.8 Å². The minimum Gasteiger partial charge on any atom is -0.484 e. The molecule has 0 spiro atoms. The number of rotatable bonds is 9. The molecule has 194 valence electrons. The standard InChI is InChI=1S/C29H32BrN3O4/c1-18(2)28(32-27(34)17-36-22-10-9-20-6-4-5-7-21(20)15-22)29(35)33-31-16-23-11-13-26(37-23)24-12-8-19(3)14-25(24)30/h8-16,18,28H,4-7,17H2,1-3H3,(H,32,34)(H,33,35)/b31-16-/t28-/m1/s1. The Morgan fingerprint density at radius 3 is 2.62 bits per heavy atom. The van der Waals surface area contributed by atoms with E-state index in [0.29, 0.717) is 17.3 Å². The number of halogens is 1. The molecule has 0 aliphatic heterocycles. The summed E-state index contributed by atoms with van der Waals surface area (Å²) in [5.74, 6) is 0.923. The maximum atomic E-state index is 12.7. The predicted octanol–water partition coefficient (Wildman–Crippen LogP) is 5.57. The Labute approximate surface area is 225 Å². The van der Waals surface area contributed by atoms with E-state index in [1.165, 1.54) is 30.2 Å². The summed E-state index contributed by atoms with van der Waals surface area (Å²) in [6.07, 6.45) is 5.96. The number of carbonyl (C=O) groups excluding carboxylic acids is 2. The number of carbonyl (C=O) groups is 2. The van der Waals surface area contributed by atoms with Gasteiger partial charge in [0, 0.05) is 10.0 Å². The summed E-state index contributed by atoms with van der Waals surface area (Å²) in [5.41, 5.74) is 7.21. The Morgan fingerprint density at radius 2 is 1.86 bits per heavy atom. The molecule has 1 heterocycles. The summed E-state index contributed by atoms with van der Waals surface area (Å²) in [6.45, 7) is 5.57. The lowest BCUT2D eigenvalue weighted by atomic mass is 9.92. The van der Waals surface area contributed by atoms with Crippen molar-refractivity contribution in [3.05, 3.63) is 75.5 Å². The van der Waals surface area contributed by atoms with Crippen molar-refractivity contribution in [3.63, 3.8) is 0 Å². The Kier molecular flexibility index (Phi) is 8.82. The quantitative estimate of drug-likeness (QED) is 0.262. The number of nitrogens with zero attached hydrogens (tertiary/aromatic N) is 1. The monoisotopic (exact) mass is 565 g/mol. The largest absolute Gasteiger partial charge is 0.484 e. The fraction of sp³-hybridized carbons (Fsp3) is 0.345. The second kappa shape index (κ2) is 12.2. The molecule has 0 saturated carbocycles. The maximum absolute atomic E-state index is 12.7. The summed E-state index contributed by atoms with van der Waals surface area (Å²) in [4.78, 5) is 25.3. The Morgan fingerprint density at radius 1 is 1.08 bits per heavy atom. The molecule has 3 aromatic rings. The molecule has 0 fully saturated rings. The van der Waals surface area contributed by atoms with E-state index in [4.69, 9.17) is 9.15 Å². The van der Waals surface area contributed by atoms with Crippen LogP contribution in [0.3, 0.4) is 0 Å². The molecule has 2 amide bonds. The number of hydrogen-bond acceptors (Lipinski definition) is 5. The summed E-state index contributed by atoms with van der Waals surface area (Å²) in [6, 6.07) is 14.9. The van der Waals surface area contributed by atoms with Gasteiger partial charge in [-0.2, -0.15) is 5.10 Å². The lowest BCUT2D eigenvalue weighted by molar-refractivity contribution is -0.131. The topological polar surface area (TPSA) is 92.9 Å². The molecule has 7 nitrogen and oxygen atoms in total. The molecular formula is C29H32BrN3O4. The molecule has 4 rings (SSSR count). The fourth-order valence-corrected chi connectivity index (χ4v) is 5.00. The highest BCUT2D eigenvalue weighted by Crippen LogP contribution is 2.30. The average molecular weight is 566 g/mol. The summed E-state index contributed by atoms with van der Waals surface area (Å²) >= 11 is 3.56. The number of benzene rings is 2. The van der Waals surface area contributed by atoms with Gasteiger partial charge in [-0.15, -0.1) is 0 Å². The highest BCUT2D eigenvalue weighted by Gasteiger charge is 2.24. The van der Waals surface area contributed by atoms with E-state index >= 15 is 0 Å². The molecule has 0 unspecified atom stereocenters. The van der Waals surface area contributed by atoms with E-state index in [9.17, 15) is 9.59 Å². The Balaban J connectivity index is 1.29. The summed E-state index contributed by atoms with van der Waals surface area (Å²) in [5, 5.41) is 6.77. The first-order valence-corrected chi connectivity index (χ1v) is 13.3. The van der Waals surface area contributed by atoms with Crippen molar-refractivity contribution in [1.82, 2.24) is 10.7 Å². The summed E-state index contributed by atoms with van der Waals surface area (Å²) in [7, 11) is 0. The molecule has 2 N–H and O–H groups in total. The number of hydrogen-bond donors (Lipinski definition) is 2. The van der Waals surface area contributed by atoms with Gasteiger partial charge in [-0.1, -0.05) is 41.9 Å². The fourth-order valence-electron chi connectivity index (χ4n) is 4.31. The molecular weight excluding hydrogens is 534 g/mol. The lowest BCUT2D eigenvalue weighted by Crippen LogP contribution is -2.49. The van der Waals surface area contributed by atoms with Crippen LogP contribution in [-0.4, -0.2) is 30.7 Å². The third-order valence-electron chi connectivity index (χ3n) is 6.34. The first kappa shape index (κ1) is 26.7. The van der Waals surface area contributed by atoms with Crippen LogP contribution < -0.4 is 15.5 Å². The van der Waals surface area contributed by atoms with Crippen LogP contribution >= 0.6 is 15.9 Å². The van der Waals surface area contributed by atoms with Crippen LogP contribution in [0.1, 0.15) is 49.1 Å². The smallest absolute Gasteiger partial charge is 0.262 e. The maximum Gasteiger partial charge on any atom is 0.262 e. The molecule has 1 aliphatic rings. The Bertz CT molecular complexity index is 1300. The van der Waals surface area contributed by atoms with Crippen molar-refractivity contribution >= 4 is 34.0 Å². The zero-order chi connectivity index (χ0) is 26.4. The normalized spacial score (nSPS) is 13.9. The van der Waals surface area contributed by atoms with Gasteiger partial charge in [0.2, 0.25) is 0 Å². The van der Waals surface area contributed by atoms with Gasteiger partial charge >= 0.3 is 0 Å². The third kappa shape index (κ3) is 7.10. The predicted molar refractivity (Wildman–Crippen MR) is 148 cm³/mol. The summed E-state index contributed by atoms with van der Waals surface area (Å²) < 4.78 is 12.5. The first-order chi connectivity index (χ1) is 17.8. The number of aryl methyl sites for hydroxylation is 3. The molecule has 0 bridgehead atoms. The number of nitrogens with one attached hydrogen (secondary N) is 2. The van der Waals surface area contributed by atoms with Crippen LogP contribution in [0.5, 0.6) is 5.75 Å². The molecule has 1 aliphatic carbocycles. The average Bonchev–Trinajstić information content (AvgIpc) is 3.34. The van der Waals surface area contributed by atoms with Gasteiger partial charge in [0.05, 0.1) is 6.21 Å². The van der Waals surface area contributed by atoms with Gasteiger partial charge in [-0.3, -0.25) is 9.59 Å². The zero-order valence-corrected chi connectivity index (χ0v) is 22.9. The lowest BCUT2D eigenvalue weighted by Gasteiger charge is -2.21. The molecule has 37 heavy (non-hydrogen) atoms. The molecule has 0 saturated heterocycles. The number of hydrazone groups is 1. The van der Waals surface area contributed by atoms with Gasteiger partial charge in [0.25, 0.3) is 11.8 Å². The van der Waals surface area contributed by atoms with E-state index in [-0.39, 0.29) is 18.4 Å². The third-order valence-corrected chi connectivity index (χ3v) is 6.99. The minimum absolute atomic E-state index is 0.142. The van der Waals surface area contributed by atoms with Crippen LogP contribution in [0.15, 0.2) is 62.5 Å². The van der Waals surface area contributed by atoms with E-state index in [1.807, 2.05) is 57.2 Å². The van der Waals surface area contributed by atoms with Crippen molar-refractivity contribution in [2.45, 2.75) is 52.5 Å². The molecule has 1 aromatic heterocycles. The van der Waals surface area contributed by atoms with E-state index in [1.54, 1.807) is 6.07 Å².